The number of fused-ring (bicyclic) bond motifs is 1. The number of aromatic nitrogens is 3. The summed E-state index contributed by atoms with van der Waals surface area (Å²) >= 11 is 7.81. The first-order valence-electron chi connectivity index (χ1n) is 8.96. The summed E-state index contributed by atoms with van der Waals surface area (Å²) in [5.74, 6) is -0.131. The van der Waals surface area contributed by atoms with Crippen LogP contribution >= 0.6 is 35.3 Å². The molecule has 0 bridgehead atoms. The SMILES string of the molecule is CCn1ccc(C(=O)N(CCCN(C)C)c2nc3c(C)ccc(Cl)c3s2)n1.Cl. The van der Waals surface area contributed by atoms with Crippen LogP contribution in [0.25, 0.3) is 10.2 Å². The maximum atomic E-state index is 13.2. The van der Waals surface area contributed by atoms with E-state index in [1.54, 1.807) is 15.6 Å². The molecule has 0 fully saturated rings. The Bertz CT molecular complexity index is 914. The summed E-state index contributed by atoms with van der Waals surface area (Å²) in [7, 11) is 4.05. The van der Waals surface area contributed by atoms with Gasteiger partial charge in [-0.05, 0) is 58.6 Å². The van der Waals surface area contributed by atoms with Crippen LogP contribution in [0.1, 0.15) is 29.4 Å². The molecule has 0 aliphatic carbocycles. The number of halogens is 2. The van der Waals surface area contributed by atoms with Gasteiger partial charge in [0.15, 0.2) is 10.8 Å². The number of carbonyl (C=O) groups is 1. The zero-order valence-corrected chi connectivity index (χ0v) is 18.9. The Morgan fingerprint density at radius 1 is 1.25 bits per heavy atom. The summed E-state index contributed by atoms with van der Waals surface area (Å²) < 4.78 is 2.67. The molecule has 1 amide bonds. The van der Waals surface area contributed by atoms with Gasteiger partial charge in [-0.3, -0.25) is 14.4 Å². The maximum Gasteiger partial charge on any atom is 0.280 e. The van der Waals surface area contributed by atoms with Gasteiger partial charge < -0.3 is 4.90 Å². The molecule has 9 heteroatoms. The van der Waals surface area contributed by atoms with Gasteiger partial charge >= 0.3 is 0 Å². The summed E-state index contributed by atoms with van der Waals surface area (Å²) in [5.41, 5.74) is 2.34. The minimum absolute atomic E-state index is 0. The monoisotopic (exact) mass is 441 g/mol. The van der Waals surface area contributed by atoms with Gasteiger partial charge in [-0.25, -0.2) is 4.98 Å². The fraction of sp³-hybridized carbons (Fsp3) is 0.421. The van der Waals surface area contributed by atoms with Crippen LogP contribution in [0.5, 0.6) is 0 Å². The second-order valence-electron chi connectivity index (χ2n) is 6.71. The second kappa shape index (κ2) is 9.69. The topological polar surface area (TPSA) is 54.3 Å². The molecule has 0 aliphatic rings. The molecule has 1 aromatic carbocycles. The minimum Gasteiger partial charge on any atom is -0.309 e. The molecule has 0 saturated carbocycles. The van der Waals surface area contributed by atoms with Gasteiger partial charge in [0.2, 0.25) is 0 Å². The van der Waals surface area contributed by atoms with Crippen LogP contribution in [0.15, 0.2) is 24.4 Å². The van der Waals surface area contributed by atoms with E-state index in [0.29, 0.717) is 22.4 Å². The first-order chi connectivity index (χ1) is 12.9. The lowest BCUT2D eigenvalue weighted by atomic mass is 10.2. The van der Waals surface area contributed by atoms with E-state index in [4.69, 9.17) is 16.6 Å². The zero-order chi connectivity index (χ0) is 19.6. The Hall–Kier alpha value is -1.67. The molecule has 6 nitrogen and oxygen atoms in total. The highest BCUT2D eigenvalue weighted by Crippen LogP contribution is 2.36. The molecule has 0 N–H and O–H groups in total. The predicted molar refractivity (Wildman–Crippen MR) is 119 cm³/mol. The smallest absolute Gasteiger partial charge is 0.280 e. The van der Waals surface area contributed by atoms with Gasteiger partial charge in [0.1, 0.15) is 0 Å². The summed E-state index contributed by atoms with van der Waals surface area (Å²) in [4.78, 5) is 21.7. The number of hydrogen-bond donors (Lipinski definition) is 0. The average molecular weight is 442 g/mol. The van der Waals surface area contributed by atoms with Crippen molar-refractivity contribution in [1.29, 1.82) is 0 Å². The standard InChI is InChI=1S/C19H24ClN5OS.ClH/c1-5-24-12-9-15(22-24)18(26)25(11-6-10-23(3)4)19-21-16-13(2)7-8-14(20)17(16)27-19;/h7-9,12H,5-6,10-11H2,1-4H3;1H. The summed E-state index contributed by atoms with van der Waals surface area (Å²) in [6, 6.07) is 5.59. The molecule has 0 aliphatic heterocycles. The average Bonchev–Trinajstić information content (AvgIpc) is 3.29. The van der Waals surface area contributed by atoms with Crippen molar-refractivity contribution in [2.75, 3.05) is 32.1 Å². The Morgan fingerprint density at radius 2 is 2.00 bits per heavy atom. The number of nitrogens with zero attached hydrogens (tertiary/aromatic N) is 5. The Kier molecular flexibility index (Phi) is 7.83. The zero-order valence-electron chi connectivity index (χ0n) is 16.5. The molecular weight excluding hydrogens is 417 g/mol. The molecule has 0 saturated heterocycles. The lowest BCUT2D eigenvalue weighted by Crippen LogP contribution is -2.33. The van der Waals surface area contributed by atoms with E-state index >= 15 is 0 Å². The third kappa shape index (κ3) is 4.84. The first kappa shape index (κ1) is 22.6. The van der Waals surface area contributed by atoms with Crippen LogP contribution in [0.2, 0.25) is 5.02 Å². The van der Waals surface area contributed by atoms with E-state index in [1.165, 1.54) is 11.3 Å². The van der Waals surface area contributed by atoms with Crippen molar-refractivity contribution in [3.8, 4) is 0 Å². The van der Waals surface area contributed by atoms with E-state index in [2.05, 4.69) is 10.00 Å². The fourth-order valence-corrected chi connectivity index (χ4v) is 4.17. The number of carbonyl (C=O) groups excluding carboxylic acids is 1. The summed E-state index contributed by atoms with van der Waals surface area (Å²) in [6.45, 7) is 6.19. The predicted octanol–water partition coefficient (Wildman–Crippen LogP) is 4.49. The number of hydrogen-bond acceptors (Lipinski definition) is 5. The lowest BCUT2D eigenvalue weighted by molar-refractivity contribution is 0.0980. The Labute approximate surface area is 180 Å². The van der Waals surface area contributed by atoms with E-state index in [9.17, 15) is 4.79 Å². The molecule has 3 aromatic rings. The second-order valence-corrected chi connectivity index (χ2v) is 8.09. The maximum absolute atomic E-state index is 13.2. The van der Waals surface area contributed by atoms with Crippen molar-refractivity contribution < 1.29 is 4.79 Å². The molecule has 0 radical (unpaired) electrons. The third-order valence-corrected chi connectivity index (χ3v) is 5.87. The van der Waals surface area contributed by atoms with Crippen molar-refractivity contribution in [3.63, 3.8) is 0 Å². The van der Waals surface area contributed by atoms with Gasteiger partial charge in [0, 0.05) is 19.3 Å². The Balaban J connectivity index is 0.00000280. The van der Waals surface area contributed by atoms with Gasteiger partial charge in [-0.15, -0.1) is 12.4 Å². The van der Waals surface area contributed by atoms with E-state index in [0.717, 1.165) is 35.3 Å². The molecule has 0 spiro atoms. The highest BCUT2D eigenvalue weighted by Gasteiger charge is 2.24. The summed E-state index contributed by atoms with van der Waals surface area (Å²) in [5, 5.41) is 5.70. The van der Waals surface area contributed by atoms with Gasteiger partial charge in [0.05, 0.1) is 15.2 Å². The highest BCUT2D eigenvalue weighted by molar-refractivity contribution is 7.23. The third-order valence-electron chi connectivity index (χ3n) is 4.33. The van der Waals surface area contributed by atoms with Crippen molar-refractivity contribution >= 4 is 56.6 Å². The number of thiazole rings is 1. The normalized spacial score (nSPS) is 11.1. The van der Waals surface area contributed by atoms with Crippen LogP contribution in [0, 0.1) is 6.92 Å². The number of amides is 1. The Morgan fingerprint density at radius 3 is 2.61 bits per heavy atom. The number of rotatable bonds is 7. The number of aryl methyl sites for hydroxylation is 2. The van der Waals surface area contributed by atoms with Crippen molar-refractivity contribution in [3.05, 3.63) is 40.7 Å². The van der Waals surface area contributed by atoms with Gasteiger partial charge in [0.25, 0.3) is 5.91 Å². The number of anilines is 1. The van der Waals surface area contributed by atoms with Gasteiger partial charge in [-0.2, -0.15) is 5.10 Å². The minimum atomic E-state index is -0.131. The van der Waals surface area contributed by atoms with Crippen molar-refractivity contribution in [2.45, 2.75) is 26.8 Å². The lowest BCUT2D eigenvalue weighted by Gasteiger charge is -2.20. The summed E-state index contributed by atoms with van der Waals surface area (Å²) in [6.07, 6.45) is 2.67. The molecule has 3 rings (SSSR count). The van der Waals surface area contributed by atoms with E-state index < -0.39 is 0 Å². The quantitative estimate of drug-likeness (QED) is 0.541. The molecule has 2 aromatic heterocycles. The van der Waals surface area contributed by atoms with E-state index in [1.807, 2.05) is 46.3 Å². The van der Waals surface area contributed by atoms with Crippen LogP contribution in [0.3, 0.4) is 0 Å². The van der Waals surface area contributed by atoms with Crippen molar-refractivity contribution in [2.24, 2.45) is 0 Å². The van der Waals surface area contributed by atoms with Crippen LogP contribution in [0.4, 0.5) is 5.13 Å². The van der Waals surface area contributed by atoms with Crippen LogP contribution in [-0.2, 0) is 6.54 Å². The van der Waals surface area contributed by atoms with Crippen LogP contribution < -0.4 is 4.90 Å². The highest BCUT2D eigenvalue weighted by atomic mass is 35.5. The first-order valence-corrected chi connectivity index (χ1v) is 10.2. The molecular formula is C19H25Cl2N5OS. The molecule has 152 valence electrons. The largest absolute Gasteiger partial charge is 0.309 e. The van der Waals surface area contributed by atoms with E-state index in [-0.39, 0.29) is 18.3 Å². The molecule has 28 heavy (non-hydrogen) atoms. The van der Waals surface area contributed by atoms with Crippen molar-refractivity contribution in [1.82, 2.24) is 19.7 Å². The molecule has 2 heterocycles. The number of benzene rings is 1. The molecule has 0 unspecified atom stereocenters. The fourth-order valence-electron chi connectivity index (χ4n) is 2.83. The van der Waals surface area contributed by atoms with Gasteiger partial charge in [-0.1, -0.05) is 29.0 Å². The van der Waals surface area contributed by atoms with Crippen LogP contribution in [-0.4, -0.2) is 52.8 Å². The molecule has 0 atom stereocenters.